The van der Waals surface area contributed by atoms with E-state index in [2.05, 4.69) is 0 Å². The molecule has 1 N–H and O–H groups in total. The molecule has 1 rings (SSSR count). The molecular formula is C7H5ClFIO. The fourth-order valence-corrected chi connectivity index (χ4v) is 1.54. The fourth-order valence-electron chi connectivity index (χ4n) is 0.724. The van der Waals surface area contributed by atoms with Gasteiger partial charge in [0.2, 0.25) is 0 Å². The minimum atomic E-state index is -0.484. The van der Waals surface area contributed by atoms with E-state index in [-0.39, 0.29) is 11.6 Å². The summed E-state index contributed by atoms with van der Waals surface area (Å²) >= 11 is 7.49. The van der Waals surface area contributed by atoms with Crippen LogP contribution in [-0.2, 0) is 6.61 Å². The Morgan fingerprint density at radius 3 is 2.73 bits per heavy atom. The van der Waals surface area contributed by atoms with Crippen molar-refractivity contribution in [1.82, 2.24) is 0 Å². The van der Waals surface area contributed by atoms with Crippen molar-refractivity contribution in [2.75, 3.05) is 0 Å². The zero-order valence-electron chi connectivity index (χ0n) is 5.44. The third kappa shape index (κ3) is 2.04. The minimum Gasteiger partial charge on any atom is -0.392 e. The lowest BCUT2D eigenvalue weighted by Crippen LogP contribution is -1.89. The summed E-state index contributed by atoms with van der Waals surface area (Å²) in [4.78, 5) is 0. The summed E-state index contributed by atoms with van der Waals surface area (Å²) in [6, 6.07) is 2.97. The van der Waals surface area contributed by atoms with Crippen LogP contribution in [0.2, 0.25) is 5.02 Å². The van der Waals surface area contributed by atoms with E-state index in [0.29, 0.717) is 5.56 Å². The predicted octanol–water partition coefficient (Wildman–Crippen LogP) is 2.58. The van der Waals surface area contributed by atoms with E-state index in [1.54, 1.807) is 6.07 Å². The van der Waals surface area contributed by atoms with Gasteiger partial charge in [0, 0.05) is 9.13 Å². The van der Waals surface area contributed by atoms with Crippen LogP contribution in [0.5, 0.6) is 0 Å². The number of benzene rings is 1. The Balaban J connectivity index is 3.24. The monoisotopic (exact) mass is 286 g/mol. The number of hydrogen-bond donors (Lipinski definition) is 1. The lowest BCUT2D eigenvalue weighted by atomic mass is 10.2. The summed E-state index contributed by atoms with van der Waals surface area (Å²) in [5.74, 6) is -0.484. The molecule has 0 spiro atoms. The van der Waals surface area contributed by atoms with Crippen LogP contribution in [0.15, 0.2) is 12.1 Å². The van der Waals surface area contributed by atoms with Crippen molar-refractivity contribution < 1.29 is 9.50 Å². The van der Waals surface area contributed by atoms with Gasteiger partial charge in [-0.1, -0.05) is 11.6 Å². The minimum absolute atomic E-state index is 0.00733. The molecule has 1 aromatic rings. The molecule has 0 radical (unpaired) electrons. The number of hydrogen-bond acceptors (Lipinski definition) is 1. The van der Waals surface area contributed by atoms with Gasteiger partial charge in [-0.3, -0.25) is 0 Å². The van der Waals surface area contributed by atoms with Crippen molar-refractivity contribution in [3.63, 3.8) is 0 Å². The molecule has 0 amide bonds. The highest BCUT2D eigenvalue weighted by Crippen LogP contribution is 2.22. The van der Waals surface area contributed by atoms with E-state index < -0.39 is 5.82 Å². The first-order valence-corrected chi connectivity index (χ1v) is 4.35. The Hall–Kier alpha value is 0.130. The Morgan fingerprint density at radius 1 is 1.55 bits per heavy atom. The van der Waals surface area contributed by atoms with Crippen LogP contribution in [0.4, 0.5) is 4.39 Å². The second kappa shape index (κ2) is 3.69. The van der Waals surface area contributed by atoms with Crippen molar-refractivity contribution in [2.24, 2.45) is 0 Å². The second-order valence-corrected chi connectivity index (χ2v) is 3.64. The third-order valence-corrected chi connectivity index (χ3v) is 2.28. The van der Waals surface area contributed by atoms with Crippen molar-refractivity contribution >= 4 is 34.2 Å². The summed E-state index contributed by atoms with van der Waals surface area (Å²) in [6.45, 7) is -0.230. The van der Waals surface area contributed by atoms with Crippen LogP contribution >= 0.6 is 34.2 Å². The average molecular weight is 286 g/mol. The average Bonchev–Trinajstić information content (AvgIpc) is 1.96. The summed E-state index contributed by atoms with van der Waals surface area (Å²) in [5, 5.41) is 8.72. The van der Waals surface area contributed by atoms with Gasteiger partial charge in [-0.2, -0.15) is 0 Å². The zero-order chi connectivity index (χ0) is 8.43. The summed E-state index contributed by atoms with van der Waals surface area (Å²) in [7, 11) is 0. The molecule has 0 fully saturated rings. The molecule has 0 saturated heterocycles. The normalized spacial score (nSPS) is 10.2. The predicted molar refractivity (Wildman–Crippen MR) is 50.0 cm³/mol. The standard InChI is InChI=1S/C7H5ClFIO/c8-7-4(3-11)1-5(10)2-6(7)9/h1-2,11H,3H2. The van der Waals surface area contributed by atoms with E-state index in [1.807, 2.05) is 22.6 Å². The summed E-state index contributed by atoms with van der Waals surface area (Å²) in [6.07, 6.45) is 0. The molecule has 1 nitrogen and oxygen atoms in total. The fraction of sp³-hybridized carbons (Fsp3) is 0.143. The highest BCUT2D eigenvalue weighted by atomic mass is 127. The number of halogens is 3. The zero-order valence-corrected chi connectivity index (χ0v) is 8.36. The SMILES string of the molecule is OCc1cc(I)cc(F)c1Cl. The van der Waals surface area contributed by atoms with Crippen molar-refractivity contribution in [1.29, 1.82) is 0 Å². The van der Waals surface area contributed by atoms with Gasteiger partial charge in [0.05, 0.1) is 11.6 Å². The molecule has 0 unspecified atom stereocenters. The molecule has 11 heavy (non-hydrogen) atoms. The maximum atomic E-state index is 12.8. The van der Waals surface area contributed by atoms with E-state index in [4.69, 9.17) is 16.7 Å². The number of rotatable bonds is 1. The van der Waals surface area contributed by atoms with E-state index in [9.17, 15) is 4.39 Å². The maximum absolute atomic E-state index is 12.8. The molecular weight excluding hydrogens is 281 g/mol. The van der Waals surface area contributed by atoms with Crippen LogP contribution in [0.1, 0.15) is 5.56 Å². The van der Waals surface area contributed by atoms with Gasteiger partial charge < -0.3 is 5.11 Å². The van der Waals surface area contributed by atoms with Crippen LogP contribution in [0.3, 0.4) is 0 Å². The molecule has 0 aliphatic carbocycles. The van der Waals surface area contributed by atoms with Crippen molar-refractivity contribution in [3.8, 4) is 0 Å². The maximum Gasteiger partial charge on any atom is 0.143 e. The second-order valence-electron chi connectivity index (χ2n) is 2.02. The highest BCUT2D eigenvalue weighted by molar-refractivity contribution is 14.1. The molecule has 0 aliphatic rings. The summed E-state index contributed by atoms with van der Waals surface area (Å²) in [5.41, 5.74) is 0.427. The van der Waals surface area contributed by atoms with Gasteiger partial charge in [0.1, 0.15) is 5.82 Å². The molecule has 0 saturated carbocycles. The molecule has 0 heterocycles. The molecule has 4 heteroatoms. The molecule has 0 bridgehead atoms. The third-order valence-electron chi connectivity index (χ3n) is 1.24. The number of aliphatic hydroxyl groups is 1. The molecule has 0 aromatic heterocycles. The number of aliphatic hydroxyl groups excluding tert-OH is 1. The lowest BCUT2D eigenvalue weighted by molar-refractivity contribution is 0.281. The topological polar surface area (TPSA) is 20.2 Å². The van der Waals surface area contributed by atoms with Crippen LogP contribution in [0, 0.1) is 9.39 Å². The summed E-state index contributed by atoms with van der Waals surface area (Å²) < 4.78 is 13.5. The van der Waals surface area contributed by atoms with Gasteiger partial charge in [-0.05, 0) is 34.7 Å². The first-order chi connectivity index (χ1) is 5.15. The highest BCUT2D eigenvalue weighted by Gasteiger charge is 2.06. The van der Waals surface area contributed by atoms with Gasteiger partial charge in [0.15, 0.2) is 0 Å². The smallest absolute Gasteiger partial charge is 0.143 e. The Labute approximate surface area is 82.3 Å². The van der Waals surface area contributed by atoms with Gasteiger partial charge in [0.25, 0.3) is 0 Å². The first-order valence-electron chi connectivity index (χ1n) is 2.89. The van der Waals surface area contributed by atoms with Crippen molar-refractivity contribution in [2.45, 2.75) is 6.61 Å². The van der Waals surface area contributed by atoms with E-state index in [1.165, 1.54) is 6.07 Å². The van der Waals surface area contributed by atoms with Gasteiger partial charge in [-0.25, -0.2) is 4.39 Å². The quantitative estimate of drug-likeness (QED) is 0.621. The van der Waals surface area contributed by atoms with Crippen LogP contribution < -0.4 is 0 Å². The van der Waals surface area contributed by atoms with E-state index in [0.717, 1.165) is 3.57 Å². The molecule has 0 atom stereocenters. The molecule has 0 aliphatic heterocycles. The Bertz CT molecular complexity index is 277. The first kappa shape index (κ1) is 9.22. The molecule has 1 aromatic carbocycles. The molecule has 60 valence electrons. The Morgan fingerprint density at radius 2 is 2.18 bits per heavy atom. The van der Waals surface area contributed by atoms with Gasteiger partial charge >= 0.3 is 0 Å². The van der Waals surface area contributed by atoms with Gasteiger partial charge in [-0.15, -0.1) is 0 Å². The largest absolute Gasteiger partial charge is 0.392 e. The van der Waals surface area contributed by atoms with Crippen LogP contribution in [0.25, 0.3) is 0 Å². The van der Waals surface area contributed by atoms with Crippen LogP contribution in [-0.4, -0.2) is 5.11 Å². The Kier molecular flexibility index (Phi) is 3.09. The van der Waals surface area contributed by atoms with Crippen molar-refractivity contribution in [3.05, 3.63) is 32.1 Å². The van der Waals surface area contributed by atoms with E-state index >= 15 is 0 Å². The lowest BCUT2D eigenvalue weighted by Gasteiger charge is -2.01.